The summed E-state index contributed by atoms with van der Waals surface area (Å²) < 4.78 is 7.25. The number of nitrogens with zero attached hydrogens (tertiary/aromatic N) is 1. The van der Waals surface area contributed by atoms with Gasteiger partial charge in [0.15, 0.2) is 0 Å². The van der Waals surface area contributed by atoms with E-state index in [1.807, 2.05) is 55.9 Å². The third-order valence-electron chi connectivity index (χ3n) is 2.50. The zero-order valence-corrected chi connectivity index (χ0v) is 10.4. The average Bonchev–Trinajstić information content (AvgIpc) is 2.63. The number of hydrogen-bond donors (Lipinski definition) is 1. The lowest BCUT2D eigenvalue weighted by Crippen LogP contribution is -2.35. The zero-order chi connectivity index (χ0) is 12.5. The van der Waals surface area contributed by atoms with Gasteiger partial charge in [-0.3, -0.25) is 0 Å². The van der Waals surface area contributed by atoms with E-state index in [0.29, 0.717) is 0 Å². The van der Waals surface area contributed by atoms with E-state index >= 15 is 0 Å². The fraction of sp³-hybridized carbons (Fsp3) is 0.462. The normalized spacial score (nSPS) is 18.6. The maximum absolute atomic E-state index is 11.7. The molecular formula is C13H18N2O2. The summed E-state index contributed by atoms with van der Waals surface area (Å²) >= 11 is 0. The summed E-state index contributed by atoms with van der Waals surface area (Å²) in [5.74, 6) is 0. The van der Waals surface area contributed by atoms with Crippen LogP contribution in [0.1, 0.15) is 38.9 Å². The highest BCUT2D eigenvalue weighted by molar-refractivity contribution is 5.68. The topological polar surface area (TPSA) is 43.3 Å². The highest BCUT2D eigenvalue weighted by Gasteiger charge is 2.22. The highest BCUT2D eigenvalue weighted by atomic mass is 16.6. The molecule has 0 fully saturated rings. The monoisotopic (exact) mass is 234 g/mol. The predicted octanol–water partition coefficient (Wildman–Crippen LogP) is 2.93. The molecule has 17 heavy (non-hydrogen) atoms. The van der Waals surface area contributed by atoms with Crippen molar-refractivity contribution in [3.05, 3.63) is 30.1 Å². The van der Waals surface area contributed by atoms with Gasteiger partial charge in [0, 0.05) is 18.1 Å². The second-order valence-corrected chi connectivity index (χ2v) is 5.16. The van der Waals surface area contributed by atoms with Gasteiger partial charge >= 0.3 is 6.09 Å². The summed E-state index contributed by atoms with van der Waals surface area (Å²) in [5.41, 5.74) is 0.620. The highest BCUT2D eigenvalue weighted by Crippen LogP contribution is 2.23. The Morgan fingerprint density at radius 2 is 2.29 bits per heavy atom. The van der Waals surface area contributed by atoms with Crippen LogP contribution in [0.15, 0.2) is 24.4 Å². The summed E-state index contributed by atoms with van der Waals surface area (Å²) in [6.07, 6.45) is 6.43. The maximum atomic E-state index is 11.7. The molecule has 1 atom stereocenters. The van der Waals surface area contributed by atoms with E-state index in [1.165, 1.54) is 0 Å². The van der Waals surface area contributed by atoms with Gasteiger partial charge in [0.2, 0.25) is 0 Å². The fourth-order valence-corrected chi connectivity index (χ4v) is 1.85. The second kappa shape index (κ2) is 4.28. The molecule has 0 radical (unpaired) electrons. The van der Waals surface area contributed by atoms with E-state index in [2.05, 4.69) is 5.32 Å². The Morgan fingerprint density at radius 3 is 3.00 bits per heavy atom. The zero-order valence-electron chi connectivity index (χ0n) is 10.4. The van der Waals surface area contributed by atoms with E-state index < -0.39 is 5.60 Å². The Hall–Kier alpha value is -1.71. The van der Waals surface area contributed by atoms with Crippen LogP contribution in [0.5, 0.6) is 0 Å². The molecule has 1 aliphatic heterocycles. The van der Waals surface area contributed by atoms with E-state index in [0.717, 1.165) is 12.1 Å². The van der Waals surface area contributed by atoms with Crippen molar-refractivity contribution in [2.45, 2.75) is 38.8 Å². The lowest BCUT2D eigenvalue weighted by atomic mass is 10.1. The molecule has 0 aromatic carbocycles. The first-order valence-electron chi connectivity index (χ1n) is 5.78. The second-order valence-electron chi connectivity index (χ2n) is 5.16. The number of fused-ring (bicyclic) bond motifs is 1. The molecule has 0 saturated heterocycles. The van der Waals surface area contributed by atoms with Crippen molar-refractivity contribution >= 4 is 12.3 Å². The molecule has 0 unspecified atom stereocenters. The van der Waals surface area contributed by atoms with E-state index in [-0.39, 0.29) is 12.1 Å². The quantitative estimate of drug-likeness (QED) is 0.811. The molecule has 4 heteroatoms. The Kier molecular flexibility index (Phi) is 2.96. The molecule has 0 aliphatic carbocycles. The van der Waals surface area contributed by atoms with Crippen molar-refractivity contribution in [1.29, 1.82) is 0 Å². The van der Waals surface area contributed by atoms with Crippen LogP contribution in [-0.2, 0) is 4.74 Å². The number of carbonyl (C=O) groups is 1. The molecule has 1 amide bonds. The number of alkyl carbamates (subject to hydrolysis) is 1. The van der Waals surface area contributed by atoms with Crippen LogP contribution in [0.25, 0.3) is 6.20 Å². The van der Waals surface area contributed by atoms with Gasteiger partial charge < -0.3 is 14.6 Å². The molecule has 1 aromatic heterocycles. The summed E-state index contributed by atoms with van der Waals surface area (Å²) in [6.45, 7) is 5.57. The summed E-state index contributed by atoms with van der Waals surface area (Å²) in [5, 5.41) is 2.88. The Bertz CT molecular complexity index is 441. The smallest absolute Gasteiger partial charge is 0.408 e. The fourth-order valence-electron chi connectivity index (χ4n) is 1.85. The summed E-state index contributed by atoms with van der Waals surface area (Å²) in [7, 11) is 0. The van der Waals surface area contributed by atoms with E-state index in [4.69, 9.17) is 4.74 Å². The molecule has 92 valence electrons. The largest absolute Gasteiger partial charge is 0.444 e. The number of ether oxygens (including phenoxy) is 1. The molecule has 1 aromatic rings. The van der Waals surface area contributed by atoms with Crippen LogP contribution in [0.2, 0.25) is 0 Å². The molecule has 4 nitrogen and oxygen atoms in total. The standard InChI is InChI=1S/C13H18N2O2/c1-13(2,3)17-12(16)14-10-6-4-8-15-9-5-7-11(10)15/h4-5,7-10H,6H2,1-3H3,(H,14,16)/t10-/m0/s1. The Morgan fingerprint density at radius 1 is 1.53 bits per heavy atom. The van der Waals surface area contributed by atoms with Crippen LogP contribution < -0.4 is 5.32 Å². The third kappa shape index (κ3) is 2.90. The lowest BCUT2D eigenvalue weighted by molar-refractivity contribution is 0.0502. The van der Waals surface area contributed by atoms with Crippen LogP contribution in [0.3, 0.4) is 0 Å². The van der Waals surface area contributed by atoms with Gasteiger partial charge in [-0.05, 0) is 39.3 Å². The first-order valence-corrected chi connectivity index (χ1v) is 5.78. The van der Waals surface area contributed by atoms with Gasteiger partial charge in [-0.25, -0.2) is 4.79 Å². The molecule has 0 saturated carbocycles. The van der Waals surface area contributed by atoms with E-state index in [1.54, 1.807) is 0 Å². The molecule has 0 spiro atoms. The number of rotatable bonds is 1. The van der Waals surface area contributed by atoms with Crippen molar-refractivity contribution in [3.8, 4) is 0 Å². The van der Waals surface area contributed by atoms with Gasteiger partial charge in [0.1, 0.15) is 5.60 Å². The van der Waals surface area contributed by atoms with Crippen molar-refractivity contribution in [2.24, 2.45) is 0 Å². The van der Waals surface area contributed by atoms with Gasteiger partial charge in [-0.2, -0.15) is 0 Å². The lowest BCUT2D eigenvalue weighted by Gasteiger charge is -2.25. The van der Waals surface area contributed by atoms with Gasteiger partial charge in [-0.1, -0.05) is 6.08 Å². The first-order chi connectivity index (χ1) is 7.96. The van der Waals surface area contributed by atoms with Crippen LogP contribution in [-0.4, -0.2) is 16.3 Å². The van der Waals surface area contributed by atoms with Crippen molar-refractivity contribution in [3.63, 3.8) is 0 Å². The third-order valence-corrected chi connectivity index (χ3v) is 2.50. The minimum atomic E-state index is -0.462. The van der Waals surface area contributed by atoms with Crippen LogP contribution in [0, 0.1) is 0 Å². The number of hydrogen-bond acceptors (Lipinski definition) is 2. The van der Waals surface area contributed by atoms with Crippen molar-refractivity contribution in [2.75, 3.05) is 0 Å². The Balaban J connectivity index is 2.02. The molecule has 1 aliphatic rings. The minimum absolute atomic E-state index is 0.00940. The first kappa shape index (κ1) is 11.8. The number of carbonyl (C=O) groups excluding carboxylic acids is 1. The molecule has 2 heterocycles. The summed E-state index contributed by atoms with van der Waals surface area (Å²) in [6, 6.07) is 3.96. The maximum Gasteiger partial charge on any atom is 0.408 e. The number of amides is 1. The van der Waals surface area contributed by atoms with Gasteiger partial charge in [0.05, 0.1) is 6.04 Å². The Labute approximate surface area is 101 Å². The number of aromatic nitrogens is 1. The van der Waals surface area contributed by atoms with Crippen molar-refractivity contribution < 1.29 is 9.53 Å². The average molecular weight is 234 g/mol. The predicted molar refractivity (Wildman–Crippen MR) is 66.5 cm³/mol. The number of nitrogens with one attached hydrogen (secondary N) is 1. The van der Waals surface area contributed by atoms with E-state index in [9.17, 15) is 4.79 Å². The molecule has 0 bridgehead atoms. The van der Waals surface area contributed by atoms with Crippen molar-refractivity contribution in [1.82, 2.24) is 9.88 Å². The molecule has 2 rings (SSSR count). The molecular weight excluding hydrogens is 216 g/mol. The van der Waals surface area contributed by atoms with Crippen LogP contribution in [0.4, 0.5) is 4.79 Å². The van der Waals surface area contributed by atoms with Crippen LogP contribution >= 0.6 is 0 Å². The van der Waals surface area contributed by atoms with Gasteiger partial charge in [0.25, 0.3) is 0 Å². The SMILES string of the molecule is CC(C)(C)OC(=O)N[C@H]1CC=Cn2cccc21. The summed E-state index contributed by atoms with van der Waals surface area (Å²) in [4.78, 5) is 11.7. The minimum Gasteiger partial charge on any atom is -0.444 e. The van der Waals surface area contributed by atoms with Gasteiger partial charge in [-0.15, -0.1) is 0 Å². The molecule has 1 N–H and O–H groups in total.